The van der Waals surface area contributed by atoms with Crippen LogP contribution in [0.1, 0.15) is 66.7 Å². The Morgan fingerprint density at radius 2 is 1.77 bits per heavy atom. The molecule has 6 nitrogen and oxygen atoms in total. The molecule has 0 bridgehead atoms. The van der Waals surface area contributed by atoms with E-state index >= 15 is 0 Å². The Hall–Kier alpha value is -1.14. The first kappa shape index (κ1) is 20.9. The molecule has 0 spiro atoms. The molecule has 6 N–H and O–H groups in total. The van der Waals surface area contributed by atoms with Crippen molar-refractivity contribution in [3.63, 3.8) is 0 Å². The molecule has 6 heteroatoms. The molecule has 130 valence electrons. The van der Waals surface area contributed by atoms with Gasteiger partial charge in [0.1, 0.15) is 5.54 Å². The quantitative estimate of drug-likeness (QED) is 0.201. The van der Waals surface area contributed by atoms with Gasteiger partial charge in [-0.1, -0.05) is 13.8 Å². The first-order chi connectivity index (χ1) is 10.2. The molecule has 0 aromatic heterocycles. The Bertz CT molecular complexity index is 362. The molecule has 1 unspecified atom stereocenters. The van der Waals surface area contributed by atoms with E-state index in [9.17, 15) is 4.79 Å². The van der Waals surface area contributed by atoms with Crippen molar-refractivity contribution in [1.82, 2.24) is 10.6 Å². The highest BCUT2D eigenvalue weighted by Crippen LogP contribution is 2.19. The third-order valence-electron chi connectivity index (χ3n) is 4.35. The zero-order chi connectivity index (χ0) is 17.2. The van der Waals surface area contributed by atoms with Gasteiger partial charge >= 0.3 is 0 Å². The summed E-state index contributed by atoms with van der Waals surface area (Å²) in [4.78, 5) is 16.9. The van der Waals surface area contributed by atoms with Crippen LogP contribution in [0.2, 0.25) is 0 Å². The van der Waals surface area contributed by atoms with Crippen LogP contribution in [0.15, 0.2) is 4.99 Å². The van der Waals surface area contributed by atoms with Crippen LogP contribution in [0, 0.1) is 0 Å². The molecule has 0 saturated heterocycles. The van der Waals surface area contributed by atoms with Gasteiger partial charge in [0.2, 0.25) is 5.91 Å². The fourth-order valence-corrected chi connectivity index (χ4v) is 2.25. The van der Waals surface area contributed by atoms with Gasteiger partial charge in [-0.05, 0) is 59.4 Å². The van der Waals surface area contributed by atoms with Gasteiger partial charge in [-0.25, -0.2) is 0 Å². The predicted octanol–water partition coefficient (Wildman–Crippen LogP) is 1.49. The fraction of sp³-hybridized carbons (Fsp3) is 0.875. The Balaban J connectivity index is 4.67. The molecule has 0 aliphatic carbocycles. The minimum atomic E-state index is -0.829. The van der Waals surface area contributed by atoms with Crippen molar-refractivity contribution < 1.29 is 4.79 Å². The molecule has 0 aliphatic heterocycles. The van der Waals surface area contributed by atoms with Gasteiger partial charge in [-0.3, -0.25) is 15.1 Å². The van der Waals surface area contributed by atoms with Gasteiger partial charge in [0.05, 0.1) is 12.5 Å². The average molecular weight is 313 g/mol. The van der Waals surface area contributed by atoms with E-state index in [1.54, 1.807) is 6.92 Å². The lowest BCUT2D eigenvalue weighted by Crippen LogP contribution is -2.51. The number of aliphatic imine (C=N–C) groups is 1. The molecule has 0 aliphatic rings. The lowest BCUT2D eigenvalue weighted by Gasteiger charge is -2.30. The van der Waals surface area contributed by atoms with E-state index in [2.05, 4.69) is 36.4 Å². The van der Waals surface area contributed by atoms with Gasteiger partial charge in [-0.15, -0.1) is 0 Å². The summed E-state index contributed by atoms with van der Waals surface area (Å²) < 4.78 is 0. The van der Waals surface area contributed by atoms with Crippen molar-refractivity contribution in [3.8, 4) is 0 Å². The molecular formula is C16H35N5O. The Labute approximate surface area is 135 Å². The largest absolute Gasteiger partial charge is 0.388 e. The standard InChI is InChI=1S/C16H35N5O/c1-6-15(4,7-2)20-12-19-14(22)16(5,21-13(3)18)10-8-9-11-17/h20H,6-12,17H2,1-5H3,(H2,18,21)(H,19,22). The zero-order valence-electron chi connectivity index (χ0n) is 15.0. The van der Waals surface area contributed by atoms with Gasteiger partial charge in [0, 0.05) is 5.54 Å². The van der Waals surface area contributed by atoms with Crippen molar-refractivity contribution in [3.05, 3.63) is 0 Å². The predicted molar refractivity (Wildman–Crippen MR) is 93.7 cm³/mol. The average Bonchev–Trinajstić information content (AvgIpc) is 2.46. The number of rotatable bonds is 11. The maximum absolute atomic E-state index is 12.5. The van der Waals surface area contributed by atoms with Crippen LogP contribution in [-0.4, -0.2) is 36.0 Å². The Morgan fingerprint density at radius 3 is 2.23 bits per heavy atom. The normalized spacial score (nSPS) is 15.5. The number of carbonyl (C=O) groups excluding carboxylic acids is 1. The first-order valence-corrected chi connectivity index (χ1v) is 8.28. The number of amides is 1. The van der Waals surface area contributed by atoms with Crippen LogP contribution in [0.25, 0.3) is 0 Å². The summed E-state index contributed by atoms with van der Waals surface area (Å²) in [7, 11) is 0. The van der Waals surface area contributed by atoms with Crippen molar-refractivity contribution >= 4 is 11.7 Å². The SMILES string of the molecule is CCC(C)(CC)NCNC(=O)C(C)(CCCCN)N=C(C)N. The highest BCUT2D eigenvalue weighted by Gasteiger charge is 2.32. The second-order valence-electron chi connectivity index (χ2n) is 6.40. The van der Waals surface area contributed by atoms with Gasteiger partial charge in [-0.2, -0.15) is 0 Å². The van der Waals surface area contributed by atoms with E-state index in [0.717, 1.165) is 25.7 Å². The number of amidine groups is 1. The number of hydrogen-bond donors (Lipinski definition) is 4. The van der Waals surface area contributed by atoms with Crippen molar-refractivity contribution in [2.24, 2.45) is 16.5 Å². The summed E-state index contributed by atoms with van der Waals surface area (Å²) in [6.45, 7) is 11.0. The minimum Gasteiger partial charge on any atom is -0.388 e. The van der Waals surface area contributed by atoms with Crippen molar-refractivity contribution in [2.75, 3.05) is 13.2 Å². The number of nitrogens with one attached hydrogen (secondary N) is 2. The topological polar surface area (TPSA) is 106 Å². The monoisotopic (exact) mass is 313 g/mol. The van der Waals surface area contributed by atoms with E-state index in [4.69, 9.17) is 11.5 Å². The second-order valence-corrected chi connectivity index (χ2v) is 6.40. The minimum absolute atomic E-state index is 0.0380. The smallest absolute Gasteiger partial charge is 0.248 e. The lowest BCUT2D eigenvalue weighted by molar-refractivity contribution is -0.126. The molecule has 0 radical (unpaired) electrons. The maximum atomic E-state index is 12.5. The van der Waals surface area contributed by atoms with E-state index in [1.807, 2.05) is 6.92 Å². The maximum Gasteiger partial charge on any atom is 0.248 e. The zero-order valence-corrected chi connectivity index (χ0v) is 15.0. The molecule has 0 aromatic carbocycles. The molecule has 0 heterocycles. The Morgan fingerprint density at radius 1 is 1.18 bits per heavy atom. The lowest BCUT2D eigenvalue weighted by atomic mass is 9.94. The van der Waals surface area contributed by atoms with E-state index in [1.165, 1.54) is 0 Å². The van der Waals surface area contributed by atoms with Crippen LogP contribution in [0.5, 0.6) is 0 Å². The highest BCUT2D eigenvalue weighted by molar-refractivity contribution is 5.89. The fourth-order valence-electron chi connectivity index (χ4n) is 2.25. The number of unbranched alkanes of at least 4 members (excludes halogenated alkanes) is 1. The molecule has 1 atom stereocenters. The number of nitrogens with two attached hydrogens (primary N) is 2. The molecule has 22 heavy (non-hydrogen) atoms. The van der Waals surface area contributed by atoms with E-state index in [0.29, 0.717) is 25.5 Å². The first-order valence-electron chi connectivity index (χ1n) is 8.28. The molecule has 1 amide bonds. The summed E-state index contributed by atoms with van der Waals surface area (Å²) >= 11 is 0. The summed E-state index contributed by atoms with van der Waals surface area (Å²) in [6.07, 6.45) is 4.39. The highest BCUT2D eigenvalue weighted by atomic mass is 16.2. The molecule has 0 rings (SSSR count). The third kappa shape index (κ3) is 7.22. The van der Waals surface area contributed by atoms with Crippen LogP contribution >= 0.6 is 0 Å². The summed E-state index contributed by atoms with van der Waals surface area (Å²) in [5, 5.41) is 6.32. The van der Waals surface area contributed by atoms with E-state index in [-0.39, 0.29) is 11.4 Å². The van der Waals surface area contributed by atoms with Crippen LogP contribution in [-0.2, 0) is 4.79 Å². The van der Waals surface area contributed by atoms with Crippen molar-refractivity contribution in [1.29, 1.82) is 0 Å². The third-order valence-corrected chi connectivity index (χ3v) is 4.35. The molecular weight excluding hydrogens is 278 g/mol. The van der Waals surface area contributed by atoms with E-state index < -0.39 is 5.54 Å². The summed E-state index contributed by atoms with van der Waals surface area (Å²) in [5.41, 5.74) is 10.4. The van der Waals surface area contributed by atoms with Crippen LogP contribution in [0.3, 0.4) is 0 Å². The van der Waals surface area contributed by atoms with Crippen LogP contribution < -0.4 is 22.1 Å². The van der Waals surface area contributed by atoms with Gasteiger partial charge < -0.3 is 16.8 Å². The number of carbonyl (C=O) groups is 1. The Kier molecular flexibility index (Phi) is 9.28. The number of nitrogens with zero attached hydrogens (tertiary/aromatic N) is 1. The summed E-state index contributed by atoms with van der Waals surface area (Å²) in [6, 6.07) is 0. The second kappa shape index (κ2) is 9.79. The van der Waals surface area contributed by atoms with Gasteiger partial charge in [0.15, 0.2) is 0 Å². The summed E-state index contributed by atoms with van der Waals surface area (Å²) in [5.74, 6) is 0.321. The van der Waals surface area contributed by atoms with Crippen LogP contribution in [0.4, 0.5) is 0 Å². The number of hydrogen-bond acceptors (Lipinski definition) is 4. The molecule has 0 fully saturated rings. The molecule has 0 aromatic rings. The van der Waals surface area contributed by atoms with Gasteiger partial charge in [0.25, 0.3) is 0 Å². The molecule has 0 saturated carbocycles. The van der Waals surface area contributed by atoms with Crippen molar-refractivity contribution in [2.45, 2.75) is 77.8 Å².